The summed E-state index contributed by atoms with van der Waals surface area (Å²) in [6.45, 7) is 1.03. The minimum absolute atomic E-state index is 0.290. The molecule has 1 amide bonds. The standard InChI is InChI=1S/C13H15NO4/c1-14(12(15)13(16)17)8-9-4-5-11-10(7-9)3-2-6-18-11/h4-5,7H,2-3,6,8H2,1H3,(H,16,17). The number of fused-ring (bicyclic) bond motifs is 1. The first-order valence-electron chi connectivity index (χ1n) is 5.81. The van der Waals surface area contributed by atoms with E-state index in [-0.39, 0.29) is 0 Å². The summed E-state index contributed by atoms with van der Waals surface area (Å²) in [7, 11) is 1.48. The van der Waals surface area contributed by atoms with E-state index in [1.807, 2.05) is 18.2 Å². The lowest BCUT2D eigenvalue weighted by molar-refractivity contribution is -0.155. The SMILES string of the molecule is CN(Cc1ccc2c(c1)CCCO2)C(=O)C(=O)O. The number of carboxylic acid groups (broad SMARTS) is 1. The summed E-state index contributed by atoms with van der Waals surface area (Å²) in [5.74, 6) is -1.44. The van der Waals surface area contributed by atoms with Crippen molar-refractivity contribution in [2.75, 3.05) is 13.7 Å². The average Bonchev–Trinajstić information content (AvgIpc) is 2.37. The maximum absolute atomic E-state index is 11.2. The minimum Gasteiger partial charge on any atom is -0.493 e. The average molecular weight is 249 g/mol. The third-order valence-electron chi connectivity index (χ3n) is 2.92. The molecule has 0 atom stereocenters. The Labute approximate surface area is 105 Å². The Bertz CT molecular complexity index is 484. The normalized spacial score (nSPS) is 13.4. The monoisotopic (exact) mass is 249 g/mol. The van der Waals surface area contributed by atoms with E-state index in [2.05, 4.69) is 0 Å². The van der Waals surface area contributed by atoms with E-state index < -0.39 is 11.9 Å². The van der Waals surface area contributed by atoms with Gasteiger partial charge in [0.2, 0.25) is 0 Å². The number of hydrogen-bond donors (Lipinski definition) is 1. The Kier molecular flexibility index (Phi) is 3.50. The third-order valence-corrected chi connectivity index (χ3v) is 2.92. The molecule has 0 unspecified atom stereocenters. The first kappa shape index (κ1) is 12.4. The molecule has 1 aliphatic heterocycles. The number of aryl methyl sites for hydroxylation is 1. The van der Waals surface area contributed by atoms with E-state index in [0.29, 0.717) is 6.54 Å². The zero-order valence-corrected chi connectivity index (χ0v) is 10.2. The van der Waals surface area contributed by atoms with Gasteiger partial charge in [-0.1, -0.05) is 12.1 Å². The van der Waals surface area contributed by atoms with Gasteiger partial charge < -0.3 is 14.7 Å². The van der Waals surface area contributed by atoms with Gasteiger partial charge in [0, 0.05) is 13.6 Å². The molecule has 0 spiro atoms. The number of amides is 1. The molecule has 2 rings (SSSR count). The Morgan fingerprint density at radius 2 is 2.22 bits per heavy atom. The molecule has 5 heteroatoms. The largest absolute Gasteiger partial charge is 0.493 e. The zero-order valence-electron chi connectivity index (χ0n) is 10.2. The predicted octanol–water partition coefficient (Wildman–Crippen LogP) is 1.05. The van der Waals surface area contributed by atoms with E-state index in [0.717, 1.165) is 36.3 Å². The molecular formula is C13H15NO4. The van der Waals surface area contributed by atoms with Gasteiger partial charge in [0.05, 0.1) is 6.61 Å². The van der Waals surface area contributed by atoms with Crippen LogP contribution in [0.5, 0.6) is 5.75 Å². The molecule has 0 fully saturated rings. The molecule has 0 aliphatic carbocycles. The quantitative estimate of drug-likeness (QED) is 0.796. The van der Waals surface area contributed by atoms with Gasteiger partial charge in [-0.25, -0.2) is 4.79 Å². The highest BCUT2D eigenvalue weighted by atomic mass is 16.5. The molecular weight excluding hydrogens is 234 g/mol. The number of likely N-dealkylation sites (N-methyl/N-ethyl adjacent to an activating group) is 1. The topological polar surface area (TPSA) is 66.8 Å². The van der Waals surface area contributed by atoms with E-state index in [1.54, 1.807) is 0 Å². The summed E-state index contributed by atoms with van der Waals surface area (Å²) in [5.41, 5.74) is 2.03. The van der Waals surface area contributed by atoms with Crippen LogP contribution in [0, 0.1) is 0 Å². The molecule has 18 heavy (non-hydrogen) atoms. The fraction of sp³-hybridized carbons (Fsp3) is 0.385. The number of benzene rings is 1. The number of hydrogen-bond acceptors (Lipinski definition) is 3. The molecule has 1 N–H and O–H groups in total. The van der Waals surface area contributed by atoms with Crippen LogP contribution in [0.3, 0.4) is 0 Å². The van der Waals surface area contributed by atoms with Gasteiger partial charge in [-0.3, -0.25) is 4.79 Å². The number of ether oxygens (including phenoxy) is 1. The molecule has 0 radical (unpaired) electrons. The highest BCUT2D eigenvalue weighted by molar-refractivity contribution is 6.31. The highest BCUT2D eigenvalue weighted by Crippen LogP contribution is 2.25. The van der Waals surface area contributed by atoms with Crippen LogP contribution >= 0.6 is 0 Å². The second-order valence-electron chi connectivity index (χ2n) is 4.36. The number of carbonyl (C=O) groups excluding carboxylic acids is 1. The van der Waals surface area contributed by atoms with Gasteiger partial charge in [-0.2, -0.15) is 0 Å². The first-order chi connectivity index (χ1) is 8.58. The fourth-order valence-corrected chi connectivity index (χ4v) is 2.02. The van der Waals surface area contributed by atoms with Gasteiger partial charge in [-0.15, -0.1) is 0 Å². The van der Waals surface area contributed by atoms with Crippen molar-refractivity contribution in [1.82, 2.24) is 4.90 Å². The van der Waals surface area contributed by atoms with Crippen LogP contribution < -0.4 is 4.74 Å². The molecule has 0 saturated carbocycles. The third kappa shape index (κ3) is 2.61. The summed E-state index contributed by atoms with van der Waals surface area (Å²) in [5, 5.41) is 8.61. The van der Waals surface area contributed by atoms with Crippen LogP contribution in [0.4, 0.5) is 0 Å². The number of nitrogens with zero attached hydrogens (tertiary/aromatic N) is 1. The van der Waals surface area contributed by atoms with Gasteiger partial charge in [0.15, 0.2) is 0 Å². The maximum atomic E-state index is 11.2. The predicted molar refractivity (Wildman–Crippen MR) is 64.4 cm³/mol. The molecule has 0 saturated heterocycles. The molecule has 1 aromatic carbocycles. The molecule has 0 bridgehead atoms. The van der Waals surface area contributed by atoms with Crippen molar-refractivity contribution in [3.05, 3.63) is 29.3 Å². The van der Waals surface area contributed by atoms with Crippen molar-refractivity contribution in [3.63, 3.8) is 0 Å². The van der Waals surface area contributed by atoms with Crippen LogP contribution in [0.1, 0.15) is 17.5 Å². The van der Waals surface area contributed by atoms with Gasteiger partial charge in [0.1, 0.15) is 5.75 Å². The van der Waals surface area contributed by atoms with Crippen LogP contribution in [-0.2, 0) is 22.6 Å². The van der Waals surface area contributed by atoms with Crippen molar-refractivity contribution < 1.29 is 19.4 Å². The van der Waals surface area contributed by atoms with Gasteiger partial charge >= 0.3 is 11.9 Å². The first-order valence-corrected chi connectivity index (χ1v) is 5.81. The summed E-state index contributed by atoms with van der Waals surface area (Å²) in [6, 6.07) is 5.71. The van der Waals surface area contributed by atoms with Crippen LogP contribution in [0.15, 0.2) is 18.2 Å². The van der Waals surface area contributed by atoms with Crippen LogP contribution in [0.2, 0.25) is 0 Å². The summed E-state index contributed by atoms with van der Waals surface area (Å²) in [6.07, 6.45) is 1.94. The van der Waals surface area contributed by atoms with Gasteiger partial charge in [-0.05, 0) is 30.0 Å². The molecule has 0 aromatic heterocycles. The van der Waals surface area contributed by atoms with Gasteiger partial charge in [0.25, 0.3) is 0 Å². The number of carbonyl (C=O) groups is 2. The molecule has 1 aromatic rings. The Morgan fingerprint density at radius 3 is 2.94 bits per heavy atom. The molecule has 96 valence electrons. The smallest absolute Gasteiger partial charge is 0.394 e. The number of carboxylic acids is 1. The number of rotatable bonds is 2. The second kappa shape index (κ2) is 5.08. The lowest BCUT2D eigenvalue weighted by Crippen LogP contribution is -2.32. The van der Waals surface area contributed by atoms with E-state index in [4.69, 9.17) is 9.84 Å². The Morgan fingerprint density at radius 1 is 1.44 bits per heavy atom. The zero-order chi connectivity index (χ0) is 13.1. The Balaban J connectivity index is 2.10. The maximum Gasteiger partial charge on any atom is 0.394 e. The molecule has 1 heterocycles. The summed E-state index contributed by atoms with van der Waals surface area (Å²) < 4.78 is 5.49. The lowest BCUT2D eigenvalue weighted by atomic mass is 10.0. The highest BCUT2D eigenvalue weighted by Gasteiger charge is 2.18. The minimum atomic E-state index is -1.43. The van der Waals surface area contributed by atoms with Crippen LogP contribution in [0.25, 0.3) is 0 Å². The van der Waals surface area contributed by atoms with Crippen molar-refractivity contribution in [1.29, 1.82) is 0 Å². The fourth-order valence-electron chi connectivity index (χ4n) is 2.02. The van der Waals surface area contributed by atoms with Crippen molar-refractivity contribution in [2.24, 2.45) is 0 Å². The molecule has 1 aliphatic rings. The van der Waals surface area contributed by atoms with Crippen molar-refractivity contribution in [2.45, 2.75) is 19.4 Å². The van der Waals surface area contributed by atoms with Crippen LogP contribution in [-0.4, -0.2) is 35.5 Å². The summed E-state index contributed by atoms with van der Waals surface area (Å²) in [4.78, 5) is 23.0. The summed E-state index contributed by atoms with van der Waals surface area (Å²) >= 11 is 0. The number of aliphatic carboxylic acids is 1. The lowest BCUT2D eigenvalue weighted by Gasteiger charge is -2.19. The molecule has 5 nitrogen and oxygen atoms in total. The van der Waals surface area contributed by atoms with Crippen molar-refractivity contribution in [3.8, 4) is 5.75 Å². The van der Waals surface area contributed by atoms with Crippen molar-refractivity contribution >= 4 is 11.9 Å². The van der Waals surface area contributed by atoms with E-state index >= 15 is 0 Å². The Hall–Kier alpha value is -2.04. The second-order valence-corrected chi connectivity index (χ2v) is 4.36. The van der Waals surface area contributed by atoms with E-state index in [1.165, 1.54) is 11.9 Å². The van der Waals surface area contributed by atoms with E-state index in [9.17, 15) is 9.59 Å².